The topological polar surface area (TPSA) is 69.7 Å². The Labute approximate surface area is 141 Å². The maximum absolute atomic E-state index is 12.5. The predicted molar refractivity (Wildman–Crippen MR) is 86.8 cm³/mol. The standard InChI is InChI=1S/C19H22O5/c1-3-23-17(21)19(18(22)24-4-2)10-13-8-12-6-5-7-16(20)15(12)9-14(13)11-19/h8-9H,3-7,10-11H2,1-2H3. The molecule has 0 unspecified atom stereocenters. The molecular weight excluding hydrogens is 308 g/mol. The van der Waals surface area contributed by atoms with Crippen LogP contribution >= 0.6 is 0 Å². The average Bonchev–Trinajstić information content (AvgIpc) is 2.94. The van der Waals surface area contributed by atoms with Crippen LogP contribution in [0.25, 0.3) is 0 Å². The molecule has 0 radical (unpaired) electrons. The van der Waals surface area contributed by atoms with Gasteiger partial charge in [0.2, 0.25) is 0 Å². The van der Waals surface area contributed by atoms with E-state index >= 15 is 0 Å². The summed E-state index contributed by atoms with van der Waals surface area (Å²) >= 11 is 0. The maximum atomic E-state index is 12.5. The minimum atomic E-state index is -1.32. The zero-order valence-electron chi connectivity index (χ0n) is 14.1. The number of aryl methyl sites for hydroxylation is 1. The minimum absolute atomic E-state index is 0.142. The van der Waals surface area contributed by atoms with Crippen molar-refractivity contribution >= 4 is 17.7 Å². The second kappa shape index (κ2) is 6.38. The monoisotopic (exact) mass is 330 g/mol. The molecule has 3 rings (SSSR count). The molecule has 0 bridgehead atoms. The van der Waals surface area contributed by atoms with Gasteiger partial charge in [0, 0.05) is 12.0 Å². The van der Waals surface area contributed by atoms with Gasteiger partial charge in [-0.3, -0.25) is 14.4 Å². The van der Waals surface area contributed by atoms with Gasteiger partial charge in [-0.25, -0.2) is 0 Å². The molecule has 0 aliphatic heterocycles. The molecule has 0 aromatic heterocycles. The van der Waals surface area contributed by atoms with E-state index in [1.165, 1.54) is 0 Å². The second-order valence-corrected chi connectivity index (χ2v) is 6.43. The summed E-state index contributed by atoms with van der Waals surface area (Å²) in [6, 6.07) is 3.86. The summed E-state index contributed by atoms with van der Waals surface area (Å²) in [5.74, 6) is -0.934. The fourth-order valence-electron chi connectivity index (χ4n) is 3.73. The molecule has 0 spiro atoms. The van der Waals surface area contributed by atoms with E-state index < -0.39 is 17.4 Å². The Balaban J connectivity index is 2.00. The molecule has 0 heterocycles. The van der Waals surface area contributed by atoms with Gasteiger partial charge in [0.25, 0.3) is 0 Å². The van der Waals surface area contributed by atoms with E-state index in [1.54, 1.807) is 13.8 Å². The Morgan fingerprint density at radius 1 is 0.958 bits per heavy atom. The highest BCUT2D eigenvalue weighted by Gasteiger charge is 2.53. The summed E-state index contributed by atoms with van der Waals surface area (Å²) in [7, 11) is 0. The van der Waals surface area contributed by atoms with Crippen molar-refractivity contribution in [3.05, 3.63) is 34.4 Å². The van der Waals surface area contributed by atoms with Gasteiger partial charge in [0.1, 0.15) is 0 Å². The number of ketones is 1. The first-order chi connectivity index (χ1) is 11.5. The van der Waals surface area contributed by atoms with Crippen molar-refractivity contribution in [3.63, 3.8) is 0 Å². The number of Topliss-reactive ketones (excluding diaryl/α,β-unsaturated/α-hetero) is 1. The summed E-state index contributed by atoms with van der Waals surface area (Å²) in [5, 5.41) is 0. The van der Waals surface area contributed by atoms with Crippen molar-refractivity contribution in [1.82, 2.24) is 0 Å². The van der Waals surface area contributed by atoms with Crippen molar-refractivity contribution in [2.75, 3.05) is 13.2 Å². The van der Waals surface area contributed by atoms with Crippen LogP contribution in [-0.2, 0) is 38.3 Å². The highest BCUT2D eigenvalue weighted by atomic mass is 16.6. The molecule has 0 atom stereocenters. The Kier molecular flexibility index (Phi) is 4.43. The molecule has 5 heteroatoms. The number of carbonyl (C=O) groups excluding carboxylic acids is 3. The number of carbonyl (C=O) groups is 3. The Morgan fingerprint density at radius 3 is 2.12 bits per heavy atom. The number of ether oxygens (including phenoxy) is 2. The number of fused-ring (bicyclic) bond motifs is 2. The number of hydrogen-bond donors (Lipinski definition) is 0. The smallest absolute Gasteiger partial charge is 0.324 e. The SMILES string of the molecule is CCOC(=O)C1(C(=O)OCC)Cc2cc3c(cc2C1)C(=O)CCC3. The van der Waals surface area contributed by atoms with Crippen LogP contribution < -0.4 is 0 Å². The van der Waals surface area contributed by atoms with E-state index in [9.17, 15) is 14.4 Å². The molecule has 0 saturated carbocycles. The molecule has 0 amide bonds. The summed E-state index contributed by atoms with van der Waals surface area (Å²) in [6.45, 7) is 3.86. The molecule has 0 saturated heterocycles. The fourth-order valence-corrected chi connectivity index (χ4v) is 3.73. The van der Waals surface area contributed by atoms with Gasteiger partial charge in [-0.15, -0.1) is 0 Å². The van der Waals surface area contributed by atoms with E-state index in [-0.39, 0.29) is 31.8 Å². The summed E-state index contributed by atoms with van der Waals surface area (Å²) in [5.41, 5.74) is 2.27. The van der Waals surface area contributed by atoms with Gasteiger partial charge in [0.15, 0.2) is 11.2 Å². The zero-order valence-corrected chi connectivity index (χ0v) is 14.1. The van der Waals surface area contributed by atoms with Gasteiger partial charge < -0.3 is 9.47 Å². The van der Waals surface area contributed by atoms with Crippen molar-refractivity contribution < 1.29 is 23.9 Å². The van der Waals surface area contributed by atoms with Crippen LogP contribution in [-0.4, -0.2) is 30.9 Å². The van der Waals surface area contributed by atoms with E-state index in [0.29, 0.717) is 6.42 Å². The fraction of sp³-hybridized carbons (Fsp3) is 0.526. The molecule has 1 aromatic rings. The summed E-state index contributed by atoms with van der Waals surface area (Å²) < 4.78 is 10.3. The second-order valence-electron chi connectivity index (χ2n) is 6.43. The highest BCUT2D eigenvalue weighted by Crippen LogP contribution is 2.41. The lowest BCUT2D eigenvalue weighted by molar-refractivity contribution is -0.171. The van der Waals surface area contributed by atoms with Crippen LogP contribution in [0.4, 0.5) is 0 Å². The van der Waals surface area contributed by atoms with E-state index in [2.05, 4.69) is 0 Å². The molecule has 5 nitrogen and oxygen atoms in total. The molecule has 2 aliphatic rings. The number of benzene rings is 1. The van der Waals surface area contributed by atoms with Crippen LogP contribution in [0, 0.1) is 5.41 Å². The first kappa shape index (κ1) is 16.7. The molecule has 2 aliphatic carbocycles. The number of esters is 2. The minimum Gasteiger partial charge on any atom is -0.465 e. The predicted octanol–water partition coefficient (Wildman–Crippen LogP) is 2.42. The van der Waals surface area contributed by atoms with Crippen molar-refractivity contribution in [1.29, 1.82) is 0 Å². The summed E-state index contributed by atoms with van der Waals surface area (Å²) in [6.07, 6.45) is 2.79. The largest absolute Gasteiger partial charge is 0.465 e. The third kappa shape index (κ3) is 2.62. The Bertz CT molecular complexity index is 686. The Morgan fingerprint density at radius 2 is 1.54 bits per heavy atom. The van der Waals surface area contributed by atoms with Crippen molar-refractivity contribution in [2.24, 2.45) is 5.41 Å². The third-order valence-corrected chi connectivity index (χ3v) is 4.89. The van der Waals surface area contributed by atoms with Crippen LogP contribution in [0.1, 0.15) is 53.7 Å². The Hall–Kier alpha value is -2.17. The van der Waals surface area contributed by atoms with Gasteiger partial charge in [0.05, 0.1) is 13.2 Å². The van der Waals surface area contributed by atoms with Gasteiger partial charge in [-0.2, -0.15) is 0 Å². The van der Waals surface area contributed by atoms with E-state index in [0.717, 1.165) is 35.1 Å². The van der Waals surface area contributed by atoms with Gasteiger partial charge in [-0.05, 0) is 62.3 Å². The van der Waals surface area contributed by atoms with Crippen LogP contribution in [0.15, 0.2) is 12.1 Å². The first-order valence-electron chi connectivity index (χ1n) is 8.54. The number of hydrogen-bond acceptors (Lipinski definition) is 5. The van der Waals surface area contributed by atoms with Crippen LogP contribution in [0.2, 0.25) is 0 Å². The molecule has 1 aromatic carbocycles. The zero-order chi connectivity index (χ0) is 17.3. The molecule has 0 fully saturated rings. The van der Waals surface area contributed by atoms with Crippen LogP contribution in [0.3, 0.4) is 0 Å². The van der Waals surface area contributed by atoms with Crippen molar-refractivity contribution in [3.8, 4) is 0 Å². The normalized spacial score (nSPS) is 17.8. The molecule has 128 valence electrons. The lowest BCUT2D eigenvalue weighted by atomic mass is 9.84. The van der Waals surface area contributed by atoms with E-state index in [4.69, 9.17) is 9.47 Å². The quantitative estimate of drug-likeness (QED) is 0.626. The molecule has 0 N–H and O–H groups in total. The van der Waals surface area contributed by atoms with Crippen LogP contribution in [0.5, 0.6) is 0 Å². The lowest BCUT2D eigenvalue weighted by Gasteiger charge is -2.23. The highest BCUT2D eigenvalue weighted by molar-refractivity contribution is 6.02. The van der Waals surface area contributed by atoms with Gasteiger partial charge >= 0.3 is 11.9 Å². The lowest BCUT2D eigenvalue weighted by Crippen LogP contribution is -2.43. The molecular formula is C19H22O5. The number of rotatable bonds is 4. The summed E-state index contributed by atoms with van der Waals surface area (Å²) in [4.78, 5) is 37.2. The van der Waals surface area contributed by atoms with E-state index in [1.807, 2.05) is 12.1 Å². The van der Waals surface area contributed by atoms with Crippen molar-refractivity contribution in [2.45, 2.75) is 46.0 Å². The maximum Gasteiger partial charge on any atom is 0.324 e. The third-order valence-electron chi connectivity index (χ3n) is 4.89. The first-order valence-corrected chi connectivity index (χ1v) is 8.54. The molecule has 24 heavy (non-hydrogen) atoms. The van der Waals surface area contributed by atoms with Gasteiger partial charge in [-0.1, -0.05) is 6.07 Å². The average molecular weight is 330 g/mol.